The summed E-state index contributed by atoms with van der Waals surface area (Å²) in [6.07, 6.45) is 12.4. The van der Waals surface area contributed by atoms with Gasteiger partial charge in [0.2, 0.25) is 0 Å². The Balaban J connectivity index is 1.42. The fourth-order valence-corrected chi connectivity index (χ4v) is 12.0. The number of hydrogen-bond donors (Lipinski definition) is 1. The lowest BCUT2D eigenvalue weighted by Gasteiger charge is -2.72. The molecule has 9 atom stereocenters. The van der Waals surface area contributed by atoms with Gasteiger partial charge in [-0.25, -0.2) is 0 Å². The minimum absolute atomic E-state index is 0.0155. The predicted molar refractivity (Wildman–Crippen MR) is 154 cm³/mol. The molecule has 1 N–H and O–H groups in total. The predicted octanol–water partition coefficient (Wildman–Crippen LogP) is 8.58. The van der Waals surface area contributed by atoms with Crippen molar-refractivity contribution < 1.29 is 19.1 Å². The fourth-order valence-electron chi connectivity index (χ4n) is 12.0. The summed E-state index contributed by atoms with van der Waals surface area (Å²) < 4.78 is 5.65. The Kier molecular flexibility index (Phi) is 5.88. The van der Waals surface area contributed by atoms with Crippen LogP contribution in [0, 0.1) is 56.7 Å². The molecule has 0 aliphatic heterocycles. The molecule has 4 nitrogen and oxygen atoms in total. The maximum atomic E-state index is 13.9. The molecule has 4 heteroatoms. The van der Waals surface area contributed by atoms with Gasteiger partial charge < -0.3 is 9.52 Å². The van der Waals surface area contributed by atoms with E-state index in [-0.39, 0.29) is 27.9 Å². The second-order valence-electron chi connectivity index (χ2n) is 15.6. The second-order valence-corrected chi connectivity index (χ2v) is 15.6. The molecule has 6 rings (SSSR count). The number of allylic oxidation sites excluding steroid dienone is 2. The highest BCUT2D eigenvalue weighted by atomic mass is 16.4. The zero-order valence-electron chi connectivity index (χ0n) is 24.9. The lowest BCUT2D eigenvalue weighted by molar-refractivity contribution is -0.231. The fraction of sp³-hybridized carbons (Fsp3) is 0.714. The number of carbonyl (C=O) groups excluding carboxylic acids is 1. The molecule has 0 radical (unpaired) electrons. The van der Waals surface area contributed by atoms with E-state index < -0.39 is 16.8 Å². The summed E-state index contributed by atoms with van der Waals surface area (Å²) >= 11 is 0. The third-order valence-corrected chi connectivity index (χ3v) is 13.9. The van der Waals surface area contributed by atoms with Crippen LogP contribution in [0.25, 0.3) is 6.08 Å². The van der Waals surface area contributed by atoms with Crippen LogP contribution >= 0.6 is 0 Å². The van der Waals surface area contributed by atoms with E-state index >= 15 is 0 Å². The lowest BCUT2D eigenvalue weighted by atomic mass is 9.32. The Morgan fingerprint density at radius 1 is 1.00 bits per heavy atom. The quantitative estimate of drug-likeness (QED) is 0.313. The van der Waals surface area contributed by atoms with Gasteiger partial charge in [0.05, 0.1) is 11.7 Å². The molecule has 5 fully saturated rings. The standard InChI is InChI=1S/C35H48O4/c1-21(2)24-12-15-35(30(37)38)17-16-33(6)25(28(24)35)10-11-27-32(5)20-22(19-23-9-8-18-39-23)29(36)31(3,4)26(32)13-14-34(27,33)7/h8-9,18-19,24-28H,1,10-17,20H2,2-7H3,(H,37,38)/t24?,25?,26?,27?,28?,32-,33-,34-,35+/m0/s1. The van der Waals surface area contributed by atoms with E-state index in [1.54, 1.807) is 6.26 Å². The van der Waals surface area contributed by atoms with Crippen molar-refractivity contribution >= 4 is 17.8 Å². The van der Waals surface area contributed by atoms with E-state index in [1.807, 2.05) is 18.2 Å². The normalized spacial score (nSPS) is 47.6. The Bertz CT molecular complexity index is 1240. The van der Waals surface area contributed by atoms with Gasteiger partial charge in [0.15, 0.2) is 5.78 Å². The molecule has 1 heterocycles. The highest BCUT2D eigenvalue weighted by Crippen LogP contribution is 2.77. The first-order valence-electron chi connectivity index (χ1n) is 15.4. The van der Waals surface area contributed by atoms with Crippen LogP contribution in [-0.4, -0.2) is 16.9 Å². The van der Waals surface area contributed by atoms with Gasteiger partial charge in [-0.1, -0.05) is 46.8 Å². The molecule has 5 aliphatic rings. The molecular formula is C35H48O4. The Morgan fingerprint density at radius 3 is 2.38 bits per heavy atom. The Hall–Kier alpha value is -2.10. The highest BCUT2D eigenvalue weighted by Gasteiger charge is 2.72. The van der Waals surface area contributed by atoms with Gasteiger partial charge in [0.25, 0.3) is 0 Å². The molecule has 39 heavy (non-hydrogen) atoms. The van der Waals surface area contributed by atoms with E-state index in [0.717, 1.165) is 69.1 Å². The molecule has 0 aromatic carbocycles. The zero-order chi connectivity index (χ0) is 28.2. The SMILES string of the molecule is C=C(C)C1CC[C@@]2(C(=O)O)CC[C@@]3(C)C(CCC4[C@@]5(C)CC(=Cc6ccco6)C(=O)C(C)(C)C5CC[C@@]43C)C12. The van der Waals surface area contributed by atoms with E-state index in [0.29, 0.717) is 23.7 Å². The van der Waals surface area contributed by atoms with Crippen molar-refractivity contribution in [3.8, 4) is 0 Å². The number of fused-ring (bicyclic) bond motifs is 7. The average Bonchev–Trinajstić information content (AvgIpc) is 3.51. The van der Waals surface area contributed by atoms with E-state index in [9.17, 15) is 14.7 Å². The van der Waals surface area contributed by atoms with Crippen LogP contribution < -0.4 is 0 Å². The van der Waals surface area contributed by atoms with Gasteiger partial charge in [-0.15, -0.1) is 0 Å². The largest absolute Gasteiger partial charge is 0.481 e. The van der Waals surface area contributed by atoms with Crippen molar-refractivity contribution in [3.05, 3.63) is 41.9 Å². The Labute approximate surface area is 234 Å². The van der Waals surface area contributed by atoms with Crippen molar-refractivity contribution in [1.82, 2.24) is 0 Å². The summed E-state index contributed by atoms with van der Waals surface area (Å²) in [5, 5.41) is 10.6. The number of carboxylic acid groups (broad SMARTS) is 1. The number of furan rings is 1. The minimum Gasteiger partial charge on any atom is -0.481 e. The first-order valence-corrected chi connectivity index (χ1v) is 15.4. The molecule has 5 unspecified atom stereocenters. The molecule has 0 bridgehead atoms. The van der Waals surface area contributed by atoms with Crippen molar-refractivity contribution in [3.63, 3.8) is 0 Å². The van der Waals surface area contributed by atoms with E-state index in [1.165, 1.54) is 5.57 Å². The third-order valence-electron chi connectivity index (χ3n) is 13.9. The summed E-state index contributed by atoms with van der Waals surface area (Å²) in [4.78, 5) is 26.8. The zero-order valence-corrected chi connectivity index (χ0v) is 24.9. The monoisotopic (exact) mass is 532 g/mol. The van der Waals surface area contributed by atoms with Gasteiger partial charge in [-0.05, 0) is 134 Å². The second kappa shape index (κ2) is 8.46. The molecule has 0 saturated heterocycles. The molecule has 212 valence electrons. The van der Waals surface area contributed by atoms with Crippen molar-refractivity contribution in [2.45, 2.75) is 99.3 Å². The molecule has 0 amide bonds. The van der Waals surface area contributed by atoms with Gasteiger partial charge in [0, 0.05) is 5.41 Å². The maximum Gasteiger partial charge on any atom is 0.309 e. The highest BCUT2D eigenvalue weighted by molar-refractivity contribution is 6.04. The van der Waals surface area contributed by atoms with E-state index in [2.05, 4.69) is 48.1 Å². The average molecular weight is 533 g/mol. The molecule has 1 aromatic heterocycles. The van der Waals surface area contributed by atoms with Crippen LogP contribution in [0.2, 0.25) is 0 Å². The molecule has 5 aliphatic carbocycles. The first-order chi connectivity index (χ1) is 18.2. The van der Waals surface area contributed by atoms with Crippen LogP contribution in [0.4, 0.5) is 0 Å². The van der Waals surface area contributed by atoms with Gasteiger partial charge >= 0.3 is 5.97 Å². The van der Waals surface area contributed by atoms with Crippen molar-refractivity contribution in [2.75, 3.05) is 0 Å². The summed E-state index contributed by atoms with van der Waals surface area (Å²) in [7, 11) is 0. The van der Waals surface area contributed by atoms with Gasteiger partial charge in [-0.3, -0.25) is 9.59 Å². The van der Waals surface area contributed by atoms with Gasteiger partial charge in [0.1, 0.15) is 5.76 Å². The number of aliphatic carboxylic acids is 1. The van der Waals surface area contributed by atoms with Crippen LogP contribution in [0.1, 0.15) is 105 Å². The minimum atomic E-state index is -0.587. The number of Topliss-reactive ketones (excluding diaryl/α,β-unsaturated/α-hetero) is 1. The van der Waals surface area contributed by atoms with Gasteiger partial charge in [-0.2, -0.15) is 0 Å². The summed E-state index contributed by atoms with van der Waals surface area (Å²) in [5.74, 6) is 2.23. The van der Waals surface area contributed by atoms with Crippen LogP contribution in [0.5, 0.6) is 0 Å². The molecular weight excluding hydrogens is 484 g/mol. The topological polar surface area (TPSA) is 67.5 Å². The summed E-state index contributed by atoms with van der Waals surface area (Å²) in [5.41, 5.74) is 1.30. The molecule has 5 saturated carbocycles. The number of carbonyl (C=O) groups is 2. The molecule has 0 spiro atoms. The number of rotatable bonds is 3. The number of carboxylic acids is 1. The van der Waals surface area contributed by atoms with Crippen molar-refractivity contribution in [1.29, 1.82) is 0 Å². The smallest absolute Gasteiger partial charge is 0.309 e. The summed E-state index contributed by atoms with van der Waals surface area (Å²) in [6, 6.07) is 3.83. The number of ketones is 1. The first kappa shape index (κ1) is 27.1. The van der Waals surface area contributed by atoms with Crippen LogP contribution in [0.3, 0.4) is 0 Å². The number of hydrogen-bond acceptors (Lipinski definition) is 3. The van der Waals surface area contributed by atoms with Crippen LogP contribution in [0.15, 0.2) is 40.5 Å². The Morgan fingerprint density at radius 2 is 1.74 bits per heavy atom. The third kappa shape index (κ3) is 3.35. The van der Waals surface area contributed by atoms with E-state index in [4.69, 9.17) is 4.42 Å². The van der Waals surface area contributed by atoms with Crippen LogP contribution in [-0.2, 0) is 9.59 Å². The van der Waals surface area contributed by atoms with Crippen molar-refractivity contribution in [2.24, 2.45) is 56.7 Å². The molecule has 1 aromatic rings. The maximum absolute atomic E-state index is 13.9. The lowest BCUT2D eigenvalue weighted by Crippen LogP contribution is -2.67. The summed E-state index contributed by atoms with van der Waals surface area (Å²) in [6.45, 7) is 18.4.